The molecule has 1 unspecified atom stereocenters. The van der Waals surface area contributed by atoms with E-state index in [-0.39, 0.29) is 24.0 Å². The van der Waals surface area contributed by atoms with Crippen molar-refractivity contribution in [2.45, 2.75) is 33.2 Å². The Morgan fingerprint density at radius 3 is 2.73 bits per heavy atom. The maximum absolute atomic E-state index is 6.14. The molecular weight excluding hydrogens is 489 g/mol. The second-order valence-electron chi connectivity index (χ2n) is 7.51. The molecule has 0 bridgehead atoms. The maximum atomic E-state index is 6.14. The van der Waals surface area contributed by atoms with Crippen LogP contribution in [0.5, 0.6) is 5.75 Å². The number of rotatable bonds is 9. The highest BCUT2D eigenvalue weighted by atomic mass is 127. The number of hydrogen-bond acceptors (Lipinski definition) is 3. The van der Waals surface area contributed by atoms with Gasteiger partial charge < -0.3 is 20.1 Å². The molecule has 0 aliphatic carbocycles. The van der Waals surface area contributed by atoms with Crippen molar-refractivity contribution in [3.8, 4) is 5.75 Å². The predicted octanol–water partition coefficient (Wildman–Crippen LogP) is 4.33. The third-order valence-corrected chi connectivity index (χ3v) is 5.02. The van der Waals surface area contributed by atoms with Gasteiger partial charge in [0.15, 0.2) is 5.96 Å². The van der Waals surface area contributed by atoms with Crippen LogP contribution in [0.15, 0.2) is 53.5 Å². The molecule has 1 fully saturated rings. The molecule has 1 saturated heterocycles. The average molecular weight is 523 g/mol. The molecule has 1 heterocycles. The Labute approximate surface area is 197 Å². The lowest BCUT2D eigenvalue weighted by molar-refractivity contribution is 0.166. The van der Waals surface area contributed by atoms with Crippen LogP contribution in [0.25, 0.3) is 0 Å². The lowest BCUT2D eigenvalue weighted by Gasteiger charge is -2.15. The van der Waals surface area contributed by atoms with E-state index in [2.05, 4.69) is 66.9 Å². The van der Waals surface area contributed by atoms with Gasteiger partial charge in [-0.3, -0.25) is 0 Å². The summed E-state index contributed by atoms with van der Waals surface area (Å²) in [6.07, 6.45) is 2.04. The SMILES string of the molecule is CCNC(=NCc1ccc(C)cc1OCC1CCOC1)NCCc1ccccc1.I. The van der Waals surface area contributed by atoms with Crippen LogP contribution in [-0.2, 0) is 17.7 Å². The maximum Gasteiger partial charge on any atom is 0.191 e. The Bertz CT molecular complexity index is 777. The van der Waals surface area contributed by atoms with Gasteiger partial charge in [-0.15, -0.1) is 24.0 Å². The normalized spacial score (nSPS) is 16.1. The van der Waals surface area contributed by atoms with Crippen LogP contribution < -0.4 is 15.4 Å². The summed E-state index contributed by atoms with van der Waals surface area (Å²) >= 11 is 0. The molecule has 0 amide bonds. The molecule has 1 atom stereocenters. The zero-order chi connectivity index (χ0) is 20.3. The van der Waals surface area contributed by atoms with E-state index >= 15 is 0 Å². The Morgan fingerprint density at radius 2 is 2.00 bits per heavy atom. The smallest absolute Gasteiger partial charge is 0.191 e. The van der Waals surface area contributed by atoms with E-state index in [4.69, 9.17) is 14.5 Å². The van der Waals surface area contributed by atoms with E-state index in [9.17, 15) is 0 Å². The quantitative estimate of drug-likeness (QED) is 0.292. The second-order valence-corrected chi connectivity index (χ2v) is 7.51. The minimum absolute atomic E-state index is 0. The molecular formula is C24H34IN3O2. The monoisotopic (exact) mass is 523 g/mol. The van der Waals surface area contributed by atoms with E-state index in [1.807, 2.05) is 6.07 Å². The molecule has 30 heavy (non-hydrogen) atoms. The largest absolute Gasteiger partial charge is 0.493 e. The molecule has 0 aromatic heterocycles. The van der Waals surface area contributed by atoms with E-state index in [1.165, 1.54) is 11.1 Å². The number of guanidine groups is 1. The van der Waals surface area contributed by atoms with Crippen molar-refractivity contribution in [3.63, 3.8) is 0 Å². The molecule has 0 spiro atoms. The first-order valence-corrected chi connectivity index (χ1v) is 10.6. The number of benzene rings is 2. The van der Waals surface area contributed by atoms with Crippen LogP contribution in [0.2, 0.25) is 0 Å². The van der Waals surface area contributed by atoms with Gasteiger partial charge >= 0.3 is 0 Å². The first kappa shape index (κ1) is 24.5. The first-order valence-electron chi connectivity index (χ1n) is 10.6. The van der Waals surface area contributed by atoms with E-state index in [0.29, 0.717) is 19.1 Å². The summed E-state index contributed by atoms with van der Waals surface area (Å²) in [5.41, 5.74) is 3.62. The van der Waals surface area contributed by atoms with Crippen molar-refractivity contribution in [1.29, 1.82) is 0 Å². The molecule has 1 aliphatic rings. The highest BCUT2D eigenvalue weighted by Gasteiger charge is 2.17. The van der Waals surface area contributed by atoms with Gasteiger partial charge in [0, 0.05) is 31.2 Å². The fourth-order valence-electron chi connectivity index (χ4n) is 3.33. The fourth-order valence-corrected chi connectivity index (χ4v) is 3.33. The predicted molar refractivity (Wildman–Crippen MR) is 134 cm³/mol. The molecule has 0 saturated carbocycles. The number of ether oxygens (including phenoxy) is 2. The summed E-state index contributed by atoms with van der Waals surface area (Å²) in [5.74, 6) is 2.25. The summed E-state index contributed by atoms with van der Waals surface area (Å²) in [4.78, 5) is 4.77. The zero-order valence-corrected chi connectivity index (χ0v) is 20.4. The van der Waals surface area contributed by atoms with Crippen molar-refractivity contribution < 1.29 is 9.47 Å². The molecule has 1 aliphatic heterocycles. The number of aliphatic imine (C=N–C) groups is 1. The second kappa shape index (κ2) is 13.5. The van der Waals surface area contributed by atoms with Gasteiger partial charge in [-0.25, -0.2) is 4.99 Å². The van der Waals surface area contributed by atoms with Gasteiger partial charge in [-0.1, -0.05) is 42.5 Å². The van der Waals surface area contributed by atoms with Gasteiger partial charge in [-0.05, 0) is 43.9 Å². The molecule has 3 rings (SSSR count). The van der Waals surface area contributed by atoms with Crippen molar-refractivity contribution >= 4 is 29.9 Å². The van der Waals surface area contributed by atoms with Crippen LogP contribution in [0.1, 0.15) is 30.0 Å². The zero-order valence-electron chi connectivity index (χ0n) is 18.0. The number of halogens is 1. The van der Waals surface area contributed by atoms with Gasteiger partial charge in [0.1, 0.15) is 5.75 Å². The van der Waals surface area contributed by atoms with Gasteiger partial charge in [0.05, 0.1) is 19.8 Å². The molecule has 2 aromatic rings. The first-order chi connectivity index (χ1) is 14.2. The van der Waals surface area contributed by atoms with E-state index in [0.717, 1.165) is 56.4 Å². The Kier molecular flexibility index (Phi) is 11.0. The van der Waals surface area contributed by atoms with Crippen molar-refractivity contribution in [1.82, 2.24) is 10.6 Å². The number of nitrogens with zero attached hydrogens (tertiary/aromatic N) is 1. The summed E-state index contributed by atoms with van der Waals surface area (Å²) in [6, 6.07) is 16.8. The summed E-state index contributed by atoms with van der Waals surface area (Å²) in [6.45, 7) is 8.78. The molecule has 2 N–H and O–H groups in total. The van der Waals surface area contributed by atoms with Gasteiger partial charge in [0.25, 0.3) is 0 Å². The highest BCUT2D eigenvalue weighted by molar-refractivity contribution is 14.0. The highest BCUT2D eigenvalue weighted by Crippen LogP contribution is 2.23. The van der Waals surface area contributed by atoms with Crippen LogP contribution in [0.4, 0.5) is 0 Å². The minimum Gasteiger partial charge on any atom is -0.493 e. The molecule has 2 aromatic carbocycles. The standard InChI is InChI=1S/C24H33N3O2.HI/c1-3-25-24(26-13-11-20-7-5-4-6-8-20)27-16-22-10-9-19(2)15-23(22)29-18-21-12-14-28-17-21;/h4-10,15,21H,3,11-14,16-18H2,1-2H3,(H2,25,26,27);1H. The average Bonchev–Trinajstić information content (AvgIpc) is 3.26. The Balaban J connectivity index is 0.00000320. The third-order valence-electron chi connectivity index (χ3n) is 5.02. The van der Waals surface area contributed by atoms with E-state index < -0.39 is 0 Å². The van der Waals surface area contributed by atoms with Gasteiger partial charge in [0.2, 0.25) is 0 Å². The van der Waals surface area contributed by atoms with Crippen LogP contribution >= 0.6 is 24.0 Å². The molecule has 0 radical (unpaired) electrons. The van der Waals surface area contributed by atoms with Crippen LogP contribution in [0, 0.1) is 12.8 Å². The number of hydrogen-bond donors (Lipinski definition) is 2. The van der Waals surface area contributed by atoms with Crippen LogP contribution in [-0.4, -0.2) is 38.9 Å². The fraction of sp³-hybridized carbons (Fsp3) is 0.458. The lowest BCUT2D eigenvalue weighted by atomic mass is 10.1. The molecule has 164 valence electrons. The lowest BCUT2D eigenvalue weighted by Crippen LogP contribution is -2.38. The van der Waals surface area contributed by atoms with Crippen LogP contribution in [0.3, 0.4) is 0 Å². The molecule has 5 nitrogen and oxygen atoms in total. The molecule has 6 heteroatoms. The van der Waals surface area contributed by atoms with Crippen molar-refractivity contribution in [2.24, 2.45) is 10.9 Å². The number of nitrogens with one attached hydrogen (secondary N) is 2. The topological polar surface area (TPSA) is 54.9 Å². The van der Waals surface area contributed by atoms with Crippen molar-refractivity contribution in [2.75, 3.05) is 32.9 Å². The number of aryl methyl sites for hydroxylation is 1. The minimum atomic E-state index is 0. The van der Waals surface area contributed by atoms with Gasteiger partial charge in [-0.2, -0.15) is 0 Å². The summed E-state index contributed by atoms with van der Waals surface area (Å²) < 4.78 is 11.6. The Morgan fingerprint density at radius 1 is 1.17 bits per heavy atom. The summed E-state index contributed by atoms with van der Waals surface area (Å²) in [5, 5.41) is 6.76. The third kappa shape index (κ3) is 8.14. The van der Waals surface area contributed by atoms with E-state index in [1.54, 1.807) is 0 Å². The summed E-state index contributed by atoms with van der Waals surface area (Å²) in [7, 11) is 0. The Hall–Kier alpha value is -1.80. The van der Waals surface area contributed by atoms with Crippen molar-refractivity contribution in [3.05, 3.63) is 65.2 Å².